The van der Waals surface area contributed by atoms with Gasteiger partial charge in [0, 0.05) is 30.0 Å². The van der Waals surface area contributed by atoms with Gasteiger partial charge in [0.05, 0.1) is 0 Å². The van der Waals surface area contributed by atoms with Crippen LogP contribution in [-0.4, -0.2) is 6.54 Å². The van der Waals surface area contributed by atoms with Crippen molar-refractivity contribution in [2.45, 2.75) is 13.0 Å². The Bertz CT molecular complexity index is 467. The summed E-state index contributed by atoms with van der Waals surface area (Å²) < 4.78 is 12.9. The van der Waals surface area contributed by atoms with Gasteiger partial charge in [0.25, 0.3) is 0 Å². The zero-order chi connectivity index (χ0) is 11.8. The molecular weight excluding hydrogens is 207 g/mol. The third-order valence-corrected chi connectivity index (χ3v) is 1.91. The first-order valence-corrected chi connectivity index (χ1v) is 4.76. The minimum Gasteiger partial charge on any atom is -0.326 e. The topological polar surface area (TPSA) is 74.8 Å². The number of nitrogens with two attached hydrogens (primary N) is 1. The number of rotatable bonds is 3. The van der Waals surface area contributed by atoms with E-state index in [1.165, 1.54) is 12.1 Å². The Morgan fingerprint density at radius 2 is 2.31 bits per heavy atom. The summed E-state index contributed by atoms with van der Waals surface area (Å²) in [5.41, 5.74) is 14.9. The highest BCUT2D eigenvalue weighted by Gasteiger charge is 1.99. The minimum absolute atomic E-state index is 0.316. The van der Waals surface area contributed by atoms with Crippen LogP contribution in [0.4, 0.5) is 4.39 Å². The summed E-state index contributed by atoms with van der Waals surface area (Å²) in [4.78, 5) is 2.61. The number of hydrogen-bond acceptors (Lipinski definition) is 2. The molecule has 0 unspecified atom stereocenters. The van der Waals surface area contributed by atoms with Gasteiger partial charge in [-0.25, -0.2) is 4.39 Å². The highest BCUT2D eigenvalue weighted by Crippen LogP contribution is 2.09. The van der Waals surface area contributed by atoms with E-state index >= 15 is 0 Å². The Morgan fingerprint density at radius 1 is 1.50 bits per heavy atom. The molecule has 2 N–H and O–H groups in total. The van der Waals surface area contributed by atoms with E-state index in [0.717, 1.165) is 5.56 Å². The number of hydrogen-bond donors (Lipinski definition) is 1. The van der Waals surface area contributed by atoms with Gasteiger partial charge in [-0.3, -0.25) is 0 Å². The zero-order valence-corrected chi connectivity index (χ0v) is 8.65. The first kappa shape index (κ1) is 12.1. The van der Waals surface area contributed by atoms with Crippen molar-refractivity contribution in [1.82, 2.24) is 0 Å². The van der Waals surface area contributed by atoms with E-state index in [2.05, 4.69) is 21.9 Å². The first-order valence-electron chi connectivity index (χ1n) is 4.76. The molecule has 0 heterocycles. The van der Waals surface area contributed by atoms with Crippen LogP contribution in [0.15, 0.2) is 23.3 Å². The van der Waals surface area contributed by atoms with Crippen LogP contribution in [0.2, 0.25) is 0 Å². The van der Waals surface area contributed by atoms with Gasteiger partial charge in [0.1, 0.15) is 5.82 Å². The molecule has 0 atom stereocenters. The summed E-state index contributed by atoms with van der Waals surface area (Å²) in [6, 6.07) is 4.32. The van der Waals surface area contributed by atoms with E-state index in [9.17, 15) is 4.39 Å². The monoisotopic (exact) mass is 218 g/mol. The van der Waals surface area contributed by atoms with Crippen LogP contribution in [0.1, 0.15) is 17.5 Å². The van der Waals surface area contributed by atoms with Crippen LogP contribution in [0.5, 0.6) is 0 Å². The van der Waals surface area contributed by atoms with Crippen LogP contribution >= 0.6 is 0 Å². The fourth-order valence-electron chi connectivity index (χ4n) is 1.15. The number of benzene rings is 1. The van der Waals surface area contributed by atoms with Crippen molar-refractivity contribution in [2.24, 2.45) is 10.8 Å². The summed E-state index contributed by atoms with van der Waals surface area (Å²) in [7, 11) is 0. The molecule has 0 aromatic heterocycles. The van der Waals surface area contributed by atoms with Crippen LogP contribution < -0.4 is 5.73 Å². The molecule has 0 saturated carbocycles. The van der Waals surface area contributed by atoms with Crippen LogP contribution in [0, 0.1) is 17.7 Å². The van der Waals surface area contributed by atoms with Crippen LogP contribution in [0.25, 0.3) is 10.4 Å². The zero-order valence-electron chi connectivity index (χ0n) is 8.65. The van der Waals surface area contributed by atoms with Crippen molar-refractivity contribution < 1.29 is 4.39 Å². The van der Waals surface area contributed by atoms with Crippen LogP contribution in [0.3, 0.4) is 0 Å². The standard InChI is InChI=1S/C11H11FN4/c12-11-5-4-10(8-13)9(7-11)3-1-2-6-15-16-14/h4-5,7H,2,6,8,13H2. The Morgan fingerprint density at radius 3 is 3.00 bits per heavy atom. The van der Waals surface area contributed by atoms with E-state index in [1.54, 1.807) is 6.07 Å². The second-order valence-electron chi connectivity index (χ2n) is 3.01. The van der Waals surface area contributed by atoms with E-state index in [0.29, 0.717) is 25.1 Å². The summed E-state index contributed by atoms with van der Waals surface area (Å²) in [6.07, 6.45) is 0.449. The van der Waals surface area contributed by atoms with E-state index < -0.39 is 0 Å². The van der Waals surface area contributed by atoms with Crippen molar-refractivity contribution in [3.05, 3.63) is 45.6 Å². The fraction of sp³-hybridized carbons (Fsp3) is 0.273. The first-order chi connectivity index (χ1) is 7.77. The third kappa shape index (κ3) is 3.62. The molecule has 82 valence electrons. The van der Waals surface area contributed by atoms with Crippen molar-refractivity contribution in [1.29, 1.82) is 0 Å². The molecule has 0 spiro atoms. The Balaban J connectivity index is 2.78. The third-order valence-electron chi connectivity index (χ3n) is 1.91. The largest absolute Gasteiger partial charge is 0.326 e. The predicted octanol–water partition coefficient (Wildman–Crippen LogP) is 2.34. The maximum atomic E-state index is 12.9. The molecule has 0 fully saturated rings. The lowest BCUT2D eigenvalue weighted by Crippen LogP contribution is -1.99. The molecule has 0 aliphatic carbocycles. The smallest absolute Gasteiger partial charge is 0.124 e. The molecular formula is C11H11FN4. The highest BCUT2D eigenvalue weighted by molar-refractivity contribution is 5.41. The minimum atomic E-state index is -0.337. The average Bonchev–Trinajstić information content (AvgIpc) is 2.29. The molecule has 4 nitrogen and oxygen atoms in total. The second kappa shape index (κ2) is 6.46. The average molecular weight is 218 g/mol. The molecule has 1 rings (SSSR count). The summed E-state index contributed by atoms with van der Waals surface area (Å²) in [5, 5.41) is 3.34. The van der Waals surface area contributed by atoms with E-state index in [1.807, 2.05) is 0 Å². The molecule has 0 amide bonds. The van der Waals surface area contributed by atoms with Gasteiger partial charge in [0.2, 0.25) is 0 Å². The summed E-state index contributed by atoms with van der Waals surface area (Å²) in [6.45, 7) is 0.636. The molecule has 0 saturated heterocycles. The molecule has 0 radical (unpaired) electrons. The maximum Gasteiger partial charge on any atom is 0.124 e. The number of nitrogens with zero attached hydrogens (tertiary/aromatic N) is 3. The van der Waals surface area contributed by atoms with Gasteiger partial charge < -0.3 is 5.73 Å². The lowest BCUT2D eigenvalue weighted by molar-refractivity contribution is 0.626. The lowest BCUT2D eigenvalue weighted by Gasteiger charge is -2.00. The fourth-order valence-corrected chi connectivity index (χ4v) is 1.15. The van der Waals surface area contributed by atoms with E-state index in [4.69, 9.17) is 11.3 Å². The molecule has 0 aliphatic rings. The molecule has 1 aromatic rings. The van der Waals surface area contributed by atoms with Crippen molar-refractivity contribution in [2.75, 3.05) is 6.54 Å². The van der Waals surface area contributed by atoms with E-state index in [-0.39, 0.29) is 5.82 Å². The van der Waals surface area contributed by atoms with Gasteiger partial charge in [-0.2, -0.15) is 0 Å². The molecule has 0 aliphatic heterocycles. The lowest BCUT2D eigenvalue weighted by atomic mass is 10.1. The van der Waals surface area contributed by atoms with Gasteiger partial charge >= 0.3 is 0 Å². The Hall–Kier alpha value is -2.02. The van der Waals surface area contributed by atoms with Gasteiger partial charge in [-0.1, -0.05) is 23.0 Å². The molecule has 1 aromatic carbocycles. The Labute approximate surface area is 92.9 Å². The van der Waals surface area contributed by atoms with Crippen molar-refractivity contribution in [3.63, 3.8) is 0 Å². The van der Waals surface area contributed by atoms with Crippen molar-refractivity contribution in [3.8, 4) is 11.8 Å². The van der Waals surface area contributed by atoms with Crippen molar-refractivity contribution >= 4 is 0 Å². The summed E-state index contributed by atoms with van der Waals surface area (Å²) >= 11 is 0. The SMILES string of the molecule is [N-]=[N+]=NCCC#Cc1cc(F)ccc1CN. The maximum absolute atomic E-state index is 12.9. The van der Waals surface area contributed by atoms with Gasteiger partial charge in [0.15, 0.2) is 0 Å². The molecule has 5 heteroatoms. The molecule has 0 bridgehead atoms. The number of halogens is 1. The molecule has 16 heavy (non-hydrogen) atoms. The van der Waals surface area contributed by atoms with Gasteiger partial charge in [-0.05, 0) is 23.2 Å². The normalized spacial score (nSPS) is 8.88. The van der Waals surface area contributed by atoms with Crippen LogP contribution in [-0.2, 0) is 6.54 Å². The Kier molecular flexibility index (Phi) is 4.87. The van der Waals surface area contributed by atoms with Gasteiger partial charge in [-0.15, -0.1) is 0 Å². The number of azide groups is 1. The predicted molar refractivity (Wildman–Crippen MR) is 59.8 cm³/mol. The second-order valence-corrected chi connectivity index (χ2v) is 3.01. The quantitative estimate of drug-likeness (QED) is 0.273. The highest BCUT2D eigenvalue weighted by atomic mass is 19.1. The summed E-state index contributed by atoms with van der Waals surface area (Å²) in [5.74, 6) is 5.28.